The van der Waals surface area contributed by atoms with Gasteiger partial charge in [0.2, 0.25) is 0 Å². The van der Waals surface area contributed by atoms with E-state index in [9.17, 15) is 0 Å². The summed E-state index contributed by atoms with van der Waals surface area (Å²) in [5.74, 6) is 0. The zero-order valence-corrected chi connectivity index (χ0v) is 15.4. The number of rotatable bonds is 4. The van der Waals surface area contributed by atoms with Crippen LogP contribution in [0.3, 0.4) is 0 Å². The first-order chi connectivity index (χ1) is 5.54. The maximum atomic E-state index is 5.36. The molecule has 0 radical (unpaired) electrons. The SMILES string of the molecule is C=C[SiH2]O[SiH3].CC[Si](C)(C)O[SiH3]. The first-order valence-corrected chi connectivity index (χ1v) is 10.3. The normalized spacial score (nSPS) is 11.6. The first kappa shape index (κ1) is 15.0. The van der Waals surface area contributed by atoms with Gasteiger partial charge in [0.1, 0.15) is 21.0 Å². The maximum Gasteiger partial charge on any atom is 0.172 e. The molecule has 12 heavy (non-hydrogen) atoms. The summed E-state index contributed by atoms with van der Waals surface area (Å²) in [7, 11) is 0.476. The van der Waals surface area contributed by atoms with Crippen LogP contribution in [0, 0.1) is 0 Å². The minimum absolute atomic E-state index is 0.242. The van der Waals surface area contributed by atoms with Gasteiger partial charge in [-0.15, -0.1) is 6.58 Å². The van der Waals surface area contributed by atoms with Gasteiger partial charge in [0.25, 0.3) is 0 Å². The molecule has 0 bridgehead atoms. The summed E-state index contributed by atoms with van der Waals surface area (Å²) in [5, 5.41) is 0. The van der Waals surface area contributed by atoms with Crippen LogP contribution in [0.5, 0.6) is 0 Å². The Hall–Kier alpha value is 0.528. The fraction of sp³-hybridized carbons (Fsp3) is 0.667. The van der Waals surface area contributed by atoms with Crippen molar-refractivity contribution in [3.05, 3.63) is 12.3 Å². The maximum absolute atomic E-state index is 5.36. The summed E-state index contributed by atoms with van der Waals surface area (Å²) in [4.78, 5) is 0. The van der Waals surface area contributed by atoms with Crippen molar-refractivity contribution in [3.8, 4) is 0 Å². The molecule has 0 aromatic heterocycles. The Balaban J connectivity index is 0. The van der Waals surface area contributed by atoms with Crippen molar-refractivity contribution in [2.24, 2.45) is 0 Å². The largest absolute Gasteiger partial charge is 0.465 e. The van der Waals surface area contributed by atoms with E-state index in [-0.39, 0.29) is 9.76 Å². The van der Waals surface area contributed by atoms with E-state index in [0.717, 1.165) is 21.0 Å². The number of hydrogen-bond acceptors (Lipinski definition) is 2. The van der Waals surface area contributed by atoms with Crippen LogP contribution in [0.25, 0.3) is 0 Å². The lowest BCUT2D eigenvalue weighted by Gasteiger charge is -2.16. The van der Waals surface area contributed by atoms with Crippen molar-refractivity contribution in [2.75, 3.05) is 0 Å². The third kappa shape index (κ3) is 13.1. The molecule has 2 nitrogen and oxygen atoms in total. The molecule has 6 heteroatoms. The summed E-state index contributed by atoms with van der Waals surface area (Å²) in [6, 6.07) is 1.25. The van der Waals surface area contributed by atoms with Crippen LogP contribution in [-0.4, -0.2) is 39.1 Å². The average Bonchev–Trinajstić information content (AvgIpc) is 2.07. The molecule has 0 heterocycles. The number of hydrogen-bond donors (Lipinski definition) is 0. The van der Waals surface area contributed by atoms with Gasteiger partial charge >= 0.3 is 0 Å². The minimum Gasteiger partial charge on any atom is -0.465 e. The minimum atomic E-state index is -1.09. The molecule has 0 aromatic carbocycles. The van der Waals surface area contributed by atoms with Crippen LogP contribution >= 0.6 is 0 Å². The summed E-state index contributed by atoms with van der Waals surface area (Å²) in [6.45, 7) is 10.2. The lowest BCUT2D eigenvalue weighted by molar-refractivity contribution is 0.609. The molecule has 0 aliphatic heterocycles. The van der Waals surface area contributed by atoms with E-state index in [0.29, 0.717) is 0 Å². The Morgan fingerprint density at radius 2 is 2.00 bits per heavy atom. The van der Waals surface area contributed by atoms with Gasteiger partial charge in [-0.05, 0) is 19.1 Å². The van der Waals surface area contributed by atoms with Crippen molar-refractivity contribution in [2.45, 2.75) is 26.1 Å². The van der Waals surface area contributed by atoms with Crippen molar-refractivity contribution in [3.63, 3.8) is 0 Å². The van der Waals surface area contributed by atoms with Crippen molar-refractivity contribution >= 4 is 39.1 Å². The van der Waals surface area contributed by atoms with Crippen LogP contribution in [0.1, 0.15) is 6.92 Å². The molecule has 0 aliphatic carbocycles. The Bertz CT molecular complexity index is 102. The van der Waals surface area contributed by atoms with E-state index in [1.54, 1.807) is 0 Å². The van der Waals surface area contributed by atoms with Crippen molar-refractivity contribution < 1.29 is 8.23 Å². The molecule has 0 N–H and O–H groups in total. The summed E-state index contributed by atoms with van der Waals surface area (Å²) in [5.41, 5.74) is 1.88. The monoisotopic (exact) mass is 238 g/mol. The second-order valence-electron chi connectivity index (χ2n) is 3.06. The molecular formula is C6H22O2Si4. The van der Waals surface area contributed by atoms with Crippen LogP contribution in [0.15, 0.2) is 12.3 Å². The van der Waals surface area contributed by atoms with Crippen LogP contribution in [0.2, 0.25) is 19.1 Å². The van der Waals surface area contributed by atoms with Crippen LogP contribution in [-0.2, 0) is 8.23 Å². The molecule has 0 unspecified atom stereocenters. The molecular weight excluding hydrogens is 216 g/mol. The molecule has 0 fully saturated rings. The Kier molecular flexibility index (Phi) is 12.0. The lowest BCUT2D eigenvalue weighted by Crippen LogP contribution is -2.27. The van der Waals surface area contributed by atoms with Gasteiger partial charge in [-0.1, -0.05) is 12.6 Å². The highest BCUT2D eigenvalue weighted by Gasteiger charge is 2.14. The van der Waals surface area contributed by atoms with E-state index in [1.807, 2.05) is 5.70 Å². The Morgan fingerprint density at radius 1 is 1.50 bits per heavy atom. The third-order valence-corrected chi connectivity index (χ3v) is 9.38. The molecule has 0 aromatic rings. The van der Waals surface area contributed by atoms with Gasteiger partial charge in [-0.3, -0.25) is 0 Å². The van der Waals surface area contributed by atoms with E-state index >= 15 is 0 Å². The van der Waals surface area contributed by atoms with Gasteiger partial charge in [0.05, 0.1) is 0 Å². The summed E-state index contributed by atoms with van der Waals surface area (Å²) >= 11 is 0. The van der Waals surface area contributed by atoms with Gasteiger partial charge in [0, 0.05) is 0 Å². The van der Waals surface area contributed by atoms with E-state index < -0.39 is 8.32 Å². The van der Waals surface area contributed by atoms with Crippen LogP contribution < -0.4 is 0 Å². The predicted octanol–water partition coefficient (Wildman–Crippen LogP) is -0.981. The summed E-state index contributed by atoms with van der Waals surface area (Å²) in [6.07, 6.45) is 0. The Labute approximate surface area is 85.9 Å². The fourth-order valence-electron chi connectivity index (χ4n) is 0.262. The first-order valence-electron chi connectivity index (χ1n) is 4.19. The van der Waals surface area contributed by atoms with Gasteiger partial charge in [-0.2, -0.15) is 0 Å². The second-order valence-corrected chi connectivity index (χ2v) is 12.1. The zero-order chi connectivity index (χ0) is 10.0. The zero-order valence-electron chi connectivity index (χ0n) is 9.02. The van der Waals surface area contributed by atoms with E-state index in [1.165, 1.54) is 6.04 Å². The molecule has 0 spiro atoms. The highest BCUT2D eigenvalue weighted by molar-refractivity contribution is 6.73. The molecule has 0 rings (SSSR count). The van der Waals surface area contributed by atoms with Crippen molar-refractivity contribution in [1.29, 1.82) is 0 Å². The third-order valence-electron chi connectivity index (χ3n) is 1.69. The van der Waals surface area contributed by atoms with Gasteiger partial charge in [0.15, 0.2) is 18.1 Å². The standard InChI is InChI=1S/C4H14OSi2.C2H8OSi2/c1-4-7(2,3)5-6;1-2-5-3-4/h4H2,1-3,6H3;2H,1,5H2,4H3. The van der Waals surface area contributed by atoms with E-state index in [4.69, 9.17) is 8.23 Å². The quantitative estimate of drug-likeness (QED) is 0.586. The molecule has 0 saturated carbocycles. The molecule has 0 atom stereocenters. The van der Waals surface area contributed by atoms with Gasteiger partial charge in [-0.25, -0.2) is 0 Å². The predicted molar refractivity (Wildman–Crippen MR) is 68.8 cm³/mol. The smallest absolute Gasteiger partial charge is 0.172 e. The summed E-state index contributed by atoms with van der Waals surface area (Å²) < 4.78 is 10.2. The van der Waals surface area contributed by atoms with Crippen molar-refractivity contribution in [1.82, 2.24) is 0 Å². The second kappa shape index (κ2) is 9.61. The highest BCUT2D eigenvalue weighted by Crippen LogP contribution is 2.06. The molecule has 0 aliphatic rings. The topological polar surface area (TPSA) is 18.5 Å². The highest BCUT2D eigenvalue weighted by atomic mass is 28.4. The molecule has 0 saturated heterocycles. The fourth-order valence-corrected chi connectivity index (χ4v) is 2.36. The molecule has 0 amide bonds. The van der Waals surface area contributed by atoms with E-state index in [2.05, 4.69) is 26.6 Å². The van der Waals surface area contributed by atoms with Crippen LogP contribution in [0.4, 0.5) is 0 Å². The van der Waals surface area contributed by atoms with Gasteiger partial charge < -0.3 is 8.23 Å². The average molecular weight is 239 g/mol. The Morgan fingerprint density at radius 3 is 2.00 bits per heavy atom. The molecule has 74 valence electrons. The lowest BCUT2D eigenvalue weighted by atomic mass is 11.0.